The van der Waals surface area contributed by atoms with Crippen LogP contribution in [0, 0.1) is 0 Å². The van der Waals surface area contributed by atoms with Crippen LogP contribution in [0.25, 0.3) is 0 Å². The number of H-pyrrole nitrogens is 1. The lowest BCUT2D eigenvalue weighted by Gasteiger charge is -2.05. The van der Waals surface area contributed by atoms with E-state index in [1.807, 2.05) is 11.6 Å². The molecule has 2 rings (SSSR count). The van der Waals surface area contributed by atoms with Gasteiger partial charge in [-0.2, -0.15) is 5.10 Å². The minimum Gasteiger partial charge on any atom is -0.270 e. The molecule has 0 aliphatic carbocycles. The highest BCUT2D eigenvalue weighted by atomic mass is 79.9. The molecular weight excluding hydrogens is 342 g/mol. The van der Waals surface area contributed by atoms with Crippen molar-refractivity contribution < 1.29 is 0 Å². The molecule has 110 valence electrons. The lowest BCUT2D eigenvalue weighted by Crippen LogP contribution is -2.16. The van der Waals surface area contributed by atoms with Crippen LogP contribution < -0.4 is 5.69 Å². The maximum Gasteiger partial charge on any atom is 0.343 e. The van der Waals surface area contributed by atoms with Crippen LogP contribution in [0.1, 0.15) is 32.2 Å². The number of rotatable bonds is 6. The molecule has 0 unspecified atom stereocenters. The van der Waals surface area contributed by atoms with Gasteiger partial charge in [0.2, 0.25) is 0 Å². The summed E-state index contributed by atoms with van der Waals surface area (Å²) in [6.07, 6.45) is 0.896. The van der Waals surface area contributed by atoms with Crippen LogP contribution in [-0.4, -0.2) is 24.5 Å². The van der Waals surface area contributed by atoms with Gasteiger partial charge in [0, 0.05) is 18.8 Å². The molecule has 20 heavy (non-hydrogen) atoms. The Hall–Kier alpha value is -1.02. The van der Waals surface area contributed by atoms with E-state index in [0.29, 0.717) is 11.7 Å². The molecule has 0 atom stereocenters. The molecule has 0 bridgehead atoms. The monoisotopic (exact) mass is 359 g/mol. The topological polar surface area (TPSA) is 68.5 Å². The van der Waals surface area contributed by atoms with Gasteiger partial charge in [-0.05, 0) is 36.2 Å². The van der Waals surface area contributed by atoms with E-state index >= 15 is 0 Å². The predicted molar refractivity (Wildman–Crippen MR) is 83.1 cm³/mol. The first-order valence-corrected chi connectivity index (χ1v) is 8.42. The fourth-order valence-electron chi connectivity index (χ4n) is 1.98. The molecule has 0 amide bonds. The van der Waals surface area contributed by atoms with E-state index in [2.05, 4.69) is 45.1 Å². The van der Waals surface area contributed by atoms with Crippen molar-refractivity contribution in [1.29, 1.82) is 0 Å². The summed E-state index contributed by atoms with van der Waals surface area (Å²) in [6, 6.07) is 0. The number of hydrogen-bond acceptors (Lipinski definition) is 4. The van der Waals surface area contributed by atoms with E-state index in [4.69, 9.17) is 0 Å². The molecule has 6 nitrogen and oxygen atoms in total. The predicted octanol–water partition coefficient (Wildman–Crippen LogP) is 2.42. The maximum absolute atomic E-state index is 11.5. The van der Waals surface area contributed by atoms with Gasteiger partial charge in [-0.1, -0.05) is 18.7 Å². The van der Waals surface area contributed by atoms with Crippen molar-refractivity contribution in [2.45, 2.75) is 51.2 Å². The minimum atomic E-state index is -0.160. The highest BCUT2D eigenvalue weighted by Gasteiger charge is 2.15. The summed E-state index contributed by atoms with van der Waals surface area (Å²) in [4.78, 5) is 11.5. The van der Waals surface area contributed by atoms with Gasteiger partial charge in [0.1, 0.15) is 0 Å². The van der Waals surface area contributed by atoms with E-state index in [9.17, 15) is 4.79 Å². The Labute approximate surface area is 130 Å². The molecule has 0 aliphatic rings. The molecule has 0 aromatic carbocycles. The van der Waals surface area contributed by atoms with Gasteiger partial charge in [0.15, 0.2) is 5.16 Å². The van der Waals surface area contributed by atoms with Crippen molar-refractivity contribution in [2.24, 2.45) is 0 Å². The molecule has 0 fully saturated rings. The van der Waals surface area contributed by atoms with E-state index in [1.54, 1.807) is 16.3 Å². The molecular formula is C12H18BrN5OS. The van der Waals surface area contributed by atoms with Crippen molar-refractivity contribution >= 4 is 27.7 Å². The van der Waals surface area contributed by atoms with Crippen LogP contribution in [0.2, 0.25) is 0 Å². The van der Waals surface area contributed by atoms with Crippen LogP contribution >= 0.6 is 27.7 Å². The Morgan fingerprint density at radius 2 is 2.05 bits per heavy atom. The molecule has 0 radical (unpaired) electrons. The number of hydrogen-bond donors (Lipinski definition) is 1. The van der Waals surface area contributed by atoms with E-state index in [-0.39, 0.29) is 5.69 Å². The molecule has 1 N–H and O–H groups in total. The third-order valence-electron chi connectivity index (χ3n) is 3.07. The molecule has 0 saturated heterocycles. The van der Waals surface area contributed by atoms with Crippen molar-refractivity contribution in [3.8, 4) is 0 Å². The quantitative estimate of drug-likeness (QED) is 0.804. The largest absolute Gasteiger partial charge is 0.343 e. The molecule has 8 heteroatoms. The van der Waals surface area contributed by atoms with Crippen molar-refractivity contribution in [2.75, 3.05) is 0 Å². The number of aryl methyl sites for hydroxylation is 2. The first kappa shape index (κ1) is 15.4. The summed E-state index contributed by atoms with van der Waals surface area (Å²) in [6.45, 7) is 7.54. The number of nitrogens with one attached hydrogen (secondary N) is 1. The Balaban J connectivity index is 2.22. The van der Waals surface area contributed by atoms with Gasteiger partial charge >= 0.3 is 5.69 Å². The molecule has 0 aliphatic heterocycles. The Morgan fingerprint density at radius 1 is 1.30 bits per heavy atom. The second-order valence-corrected chi connectivity index (χ2v) is 5.96. The van der Waals surface area contributed by atoms with Crippen LogP contribution in [0.5, 0.6) is 0 Å². The summed E-state index contributed by atoms with van der Waals surface area (Å²) in [7, 11) is 0. The SMILES string of the molecule is CCc1nn(CC)c(CSc2n[nH]c(=O)n2CC)c1Br. The zero-order valence-corrected chi connectivity index (χ0v) is 14.2. The number of thioether (sulfide) groups is 1. The average Bonchev–Trinajstić information content (AvgIpc) is 2.96. The zero-order valence-electron chi connectivity index (χ0n) is 11.8. The van der Waals surface area contributed by atoms with Crippen LogP contribution in [0.15, 0.2) is 14.4 Å². The third-order valence-corrected chi connectivity index (χ3v) is 4.97. The first-order chi connectivity index (χ1) is 9.62. The van der Waals surface area contributed by atoms with Gasteiger partial charge in [-0.15, -0.1) is 5.10 Å². The Kier molecular flexibility index (Phi) is 5.09. The van der Waals surface area contributed by atoms with Gasteiger partial charge in [0.25, 0.3) is 0 Å². The fourth-order valence-corrected chi connectivity index (χ4v) is 3.91. The summed E-state index contributed by atoms with van der Waals surface area (Å²) in [5.74, 6) is 0.728. The second-order valence-electron chi connectivity index (χ2n) is 4.22. The van der Waals surface area contributed by atoms with E-state index in [0.717, 1.165) is 34.6 Å². The highest BCUT2D eigenvalue weighted by molar-refractivity contribution is 9.10. The number of nitrogens with zero attached hydrogens (tertiary/aromatic N) is 4. The lowest BCUT2D eigenvalue weighted by molar-refractivity contribution is 0.626. The number of halogens is 1. The Morgan fingerprint density at radius 3 is 2.65 bits per heavy atom. The summed E-state index contributed by atoms with van der Waals surface area (Å²) in [5, 5.41) is 11.8. The first-order valence-electron chi connectivity index (χ1n) is 6.64. The van der Waals surface area contributed by atoms with Gasteiger partial charge in [-0.25, -0.2) is 9.89 Å². The smallest absolute Gasteiger partial charge is 0.270 e. The van der Waals surface area contributed by atoms with Crippen molar-refractivity contribution in [3.63, 3.8) is 0 Å². The summed E-state index contributed by atoms with van der Waals surface area (Å²) in [5.41, 5.74) is 2.04. The lowest BCUT2D eigenvalue weighted by atomic mass is 10.3. The number of aromatic nitrogens is 5. The minimum absolute atomic E-state index is 0.160. The molecule has 2 aromatic rings. The van der Waals surface area contributed by atoms with Crippen LogP contribution in [0.3, 0.4) is 0 Å². The van der Waals surface area contributed by atoms with Crippen LogP contribution in [0.4, 0.5) is 0 Å². The average molecular weight is 360 g/mol. The van der Waals surface area contributed by atoms with E-state index < -0.39 is 0 Å². The normalized spacial score (nSPS) is 11.2. The zero-order chi connectivity index (χ0) is 14.7. The molecule has 0 saturated carbocycles. The maximum atomic E-state index is 11.5. The highest BCUT2D eigenvalue weighted by Crippen LogP contribution is 2.28. The summed E-state index contributed by atoms with van der Waals surface area (Å²) < 4.78 is 4.69. The van der Waals surface area contributed by atoms with Gasteiger partial charge in [-0.3, -0.25) is 9.25 Å². The fraction of sp³-hybridized carbons (Fsp3) is 0.583. The molecule has 2 aromatic heterocycles. The van der Waals surface area contributed by atoms with Crippen molar-refractivity contribution in [3.05, 3.63) is 26.3 Å². The summed E-state index contributed by atoms with van der Waals surface area (Å²) >= 11 is 5.17. The number of aromatic amines is 1. The second kappa shape index (κ2) is 6.62. The standard InChI is InChI=1S/C12H18BrN5OS/c1-4-8-10(13)9(18(6-3)16-8)7-20-12-15-14-11(19)17(12)5-2/h4-7H2,1-3H3,(H,14,19). The van der Waals surface area contributed by atoms with Gasteiger partial charge < -0.3 is 0 Å². The van der Waals surface area contributed by atoms with Gasteiger partial charge in [0.05, 0.1) is 15.9 Å². The third kappa shape index (κ3) is 2.85. The van der Waals surface area contributed by atoms with Crippen LogP contribution in [-0.2, 0) is 25.3 Å². The van der Waals surface area contributed by atoms with E-state index in [1.165, 1.54) is 0 Å². The van der Waals surface area contributed by atoms with Crippen molar-refractivity contribution in [1.82, 2.24) is 24.5 Å². The Bertz CT molecular complexity index is 645. The molecule has 0 spiro atoms. The molecule has 2 heterocycles.